The summed E-state index contributed by atoms with van der Waals surface area (Å²) in [6.07, 6.45) is 2.62. The van der Waals surface area contributed by atoms with Gasteiger partial charge in [0, 0.05) is 30.6 Å². The molecule has 0 amide bonds. The average molecular weight is 251 g/mol. The lowest BCUT2D eigenvalue weighted by Crippen LogP contribution is -2.08. The van der Waals surface area contributed by atoms with Crippen molar-refractivity contribution in [1.29, 1.82) is 0 Å². The first-order valence-electron chi connectivity index (χ1n) is 5.54. The van der Waals surface area contributed by atoms with E-state index < -0.39 is 0 Å². The first-order chi connectivity index (χ1) is 8.19. The molecule has 1 heterocycles. The van der Waals surface area contributed by atoms with Crippen molar-refractivity contribution in [2.45, 2.75) is 12.3 Å². The molecule has 0 aliphatic rings. The maximum absolute atomic E-state index is 9.46. The summed E-state index contributed by atoms with van der Waals surface area (Å²) in [4.78, 5) is 0. The quantitative estimate of drug-likeness (QED) is 0.905. The number of nitrogens with zero attached hydrogens (tertiary/aromatic N) is 2. The third kappa shape index (κ3) is 3.08. The molecule has 90 valence electrons. The zero-order chi connectivity index (χ0) is 12.3. The van der Waals surface area contributed by atoms with Crippen LogP contribution in [0.1, 0.15) is 17.2 Å². The van der Waals surface area contributed by atoms with E-state index in [1.165, 1.54) is 0 Å². The zero-order valence-corrected chi connectivity index (χ0v) is 10.4. The fourth-order valence-corrected chi connectivity index (χ4v) is 2.07. The van der Waals surface area contributed by atoms with Crippen LogP contribution in [0.2, 0.25) is 5.02 Å². The molecule has 0 fully saturated rings. The molecule has 4 heteroatoms. The first-order valence-corrected chi connectivity index (χ1v) is 5.91. The average Bonchev–Trinajstić information content (AvgIpc) is 2.72. The molecule has 0 saturated carbocycles. The summed E-state index contributed by atoms with van der Waals surface area (Å²) in [5.41, 5.74) is 2.03. The topological polar surface area (TPSA) is 38.0 Å². The highest BCUT2D eigenvalue weighted by molar-refractivity contribution is 6.30. The van der Waals surface area contributed by atoms with Gasteiger partial charge in [0.25, 0.3) is 0 Å². The Morgan fingerprint density at radius 2 is 2.24 bits per heavy atom. The lowest BCUT2D eigenvalue weighted by atomic mass is 9.95. The van der Waals surface area contributed by atoms with E-state index in [9.17, 15) is 5.11 Å². The van der Waals surface area contributed by atoms with Crippen molar-refractivity contribution in [3.63, 3.8) is 0 Å². The lowest BCUT2D eigenvalue weighted by molar-refractivity contribution is 0.263. The molecule has 0 aliphatic heterocycles. The number of aromatic nitrogens is 2. The van der Waals surface area contributed by atoms with Crippen LogP contribution in [-0.4, -0.2) is 21.5 Å². The van der Waals surface area contributed by atoms with E-state index in [0.29, 0.717) is 5.02 Å². The Morgan fingerprint density at radius 1 is 1.41 bits per heavy atom. The second-order valence-corrected chi connectivity index (χ2v) is 4.56. The van der Waals surface area contributed by atoms with Crippen molar-refractivity contribution >= 4 is 11.6 Å². The number of halogens is 1. The second-order valence-electron chi connectivity index (χ2n) is 4.12. The largest absolute Gasteiger partial charge is 0.396 e. The third-order valence-electron chi connectivity index (χ3n) is 2.76. The molecule has 0 spiro atoms. The summed E-state index contributed by atoms with van der Waals surface area (Å²) < 4.78 is 1.77. The Hall–Kier alpha value is -1.32. The molecule has 3 nitrogen and oxygen atoms in total. The summed E-state index contributed by atoms with van der Waals surface area (Å²) in [6, 6.07) is 9.58. The summed E-state index contributed by atoms with van der Waals surface area (Å²) in [5, 5.41) is 14.5. The molecule has 17 heavy (non-hydrogen) atoms. The van der Waals surface area contributed by atoms with Gasteiger partial charge in [-0.15, -0.1) is 0 Å². The molecule has 1 aromatic carbocycles. The Morgan fingerprint density at radius 3 is 2.82 bits per heavy atom. The molecule has 1 unspecified atom stereocenters. The summed E-state index contributed by atoms with van der Waals surface area (Å²) in [5.74, 6) is 0.0450. The Kier molecular flexibility index (Phi) is 3.82. The van der Waals surface area contributed by atoms with Gasteiger partial charge in [-0.2, -0.15) is 5.10 Å². The highest BCUT2D eigenvalue weighted by atomic mass is 35.5. The minimum absolute atomic E-state index is 0.0450. The van der Waals surface area contributed by atoms with Crippen molar-refractivity contribution in [2.24, 2.45) is 7.05 Å². The molecule has 0 aliphatic carbocycles. The fourth-order valence-electron chi connectivity index (χ4n) is 1.87. The highest BCUT2D eigenvalue weighted by Crippen LogP contribution is 2.22. The van der Waals surface area contributed by atoms with Crippen LogP contribution in [0, 0.1) is 0 Å². The smallest absolute Gasteiger partial charge is 0.0631 e. The van der Waals surface area contributed by atoms with Gasteiger partial charge in [0.1, 0.15) is 0 Å². The van der Waals surface area contributed by atoms with E-state index in [1.807, 2.05) is 43.6 Å². The Labute approximate surface area is 106 Å². The summed E-state index contributed by atoms with van der Waals surface area (Å²) >= 11 is 5.95. The number of rotatable bonds is 4. The highest BCUT2D eigenvalue weighted by Gasteiger charge is 2.13. The van der Waals surface area contributed by atoms with Gasteiger partial charge in [-0.3, -0.25) is 4.68 Å². The van der Waals surface area contributed by atoms with Gasteiger partial charge in [0.05, 0.1) is 12.3 Å². The van der Waals surface area contributed by atoms with Crippen LogP contribution in [0.4, 0.5) is 0 Å². The standard InChI is InChI=1S/C13H15ClN2O/c1-16-6-5-13(15-16)8-11(9-17)10-3-2-4-12(14)7-10/h2-7,11,17H,8-9H2,1H3. The maximum Gasteiger partial charge on any atom is 0.0631 e. The van der Waals surface area contributed by atoms with Crippen LogP contribution in [0.25, 0.3) is 0 Å². The van der Waals surface area contributed by atoms with E-state index >= 15 is 0 Å². The molecule has 1 aromatic heterocycles. The Balaban J connectivity index is 2.16. The van der Waals surface area contributed by atoms with E-state index in [4.69, 9.17) is 11.6 Å². The van der Waals surface area contributed by atoms with Gasteiger partial charge in [-0.05, 0) is 23.8 Å². The van der Waals surface area contributed by atoms with E-state index in [0.717, 1.165) is 17.7 Å². The lowest BCUT2D eigenvalue weighted by Gasteiger charge is -2.13. The van der Waals surface area contributed by atoms with Crippen LogP contribution in [-0.2, 0) is 13.5 Å². The molecule has 0 bridgehead atoms. The monoisotopic (exact) mass is 250 g/mol. The molecule has 1 atom stereocenters. The predicted octanol–water partition coefficient (Wildman–Crippen LogP) is 2.39. The maximum atomic E-state index is 9.46. The zero-order valence-electron chi connectivity index (χ0n) is 9.68. The number of aryl methyl sites for hydroxylation is 1. The second kappa shape index (κ2) is 5.34. The minimum atomic E-state index is 0.0450. The van der Waals surface area contributed by atoms with Crippen LogP contribution < -0.4 is 0 Å². The molecular formula is C13H15ClN2O. The SMILES string of the molecule is Cn1ccc(CC(CO)c2cccc(Cl)c2)n1. The van der Waals surface area contributed by atoms with Gasteiger partial charge in [-0.1, -0.05) is 23.7 Å². The van der Waals surface area contributed by atoms with Gasteiger partial charge in [0.15, 0.2) is 0 Å². The molecule has 0 radical (unpaired) electrons. The van der Waals surface area contributed by atoms with Crippen molar-refractivity contribution in [3.05, 3.63) is 52.8 Å². The van der Waals surface area contributed by atoms with Crippen LogP contribution in [0.15, 0.2) is 36.5 Å². The Bertz CT molecular complexity index is 496. The van der Waals surface area contributed by atoms with E-state index in [1.54, 1.807) is 4.68 Å². The van der Waals surface area contributed by atoms with E-state index in [-0.39, 0.29) is 12.5 Å². The van der Waals surface area contributed by atoms with Crippen LogP contribution in [0.3, 0.4) is 0 Å². The fraction of sp³-hybridized carbons (Fsp3) is 0.308. The van der Waals surface area contributed by atoms with Crippen molar-refractivity contribution < 1.29 is 5.11 Å². The van der Waals surface area contributed by atoms with Gasteiger partial charge >= 0.3 is 0 Å². The minimum Gasteiger partial charge on any atom is -0.396 e. The van der Waals surface area contributed by atoms with Gasteiger partial charge < -0.3 is 5.11 Å². The predicted molar refractivity (Wildman–Crippen MR) is 68.2 cm³/mol. The number of benzene rings is 1. The van der Waals surface area contributed by atoms with Crippen LogP contribution >= 0.6 is 11.6 Å². The number of hydrogen-bond acceptors (Lipinski definition) is 2. The van der Waals surface area contributed by atoms with Gasteiger partial charge in [-0.25, -0.2) is 0 Å². The number of hydrogen-bond donors (Lipinski definition) is 1. The first kappa shape index (κ1) is 12.1. The third-order valence-corrected chi connectivity index (χ3v) is 3.00. The molecule has 1 N–H and O–H groups in total. The molecule has 2 aromatic rings. The van der Waals surface area contributed by atoms with Crippen molar-refractivity contribution in [3.8, 4) is 0 Å². The van der Waals surface area contributed by atoms with Gasteiger partial charge in [0.2, 0.25) is 0 Å². The van der Waals surface area contributed by atoms with E-state index in [2.05, 4.69) is 5.10 Å². The van der Waals surface area contributed by atoms with Crippen molar-refractivity contribution in [2.75, 3.05) is 6.61 Å². The number of aliphatic hydroxyl groups excluding tert-OH is 1. The van der Waals surface area contributed by atoms with Crippen LogP contribution in [0.5, 0.6) is 0 Å². The van der Waals surface area contributed by atoms with Crippen molar-refractivity contribution in [1.82, 2.24) is 9.78 Å². The summed E-state index contributed by atoms with van der Waals surface area (Å²) in [7, 11) is 1.89. The normalized spacial score (nSPS) is 12.6. The molecule has 2 rings (SSSR count). The molecule has 0 saturated heterocycles. The molecular weight excluding hydrogens is 236 g/mol. The number of aliphatic hydroxyl groups is 1. The summed E-state index contributed by atoms with van der Waals surface area (Å²) in [6.45, 7) is 0.0942.